The van der Waals surface area contributed by atoms with E-state index < -0.39 is 0 Å². The van der Waals surface area contributed by atoms with E-state index in [4.69, 9.17) is 33.0 Å². The van der Waals surface area contributed by atoms with Crippen molar-refractivity contribution in [1.82, 2.24) is 4.98 Å². The predicted molar refractivity (Wildman–Crippen MR) is 66.7 cm³/mol. The average Bonchev–Trinajstić information content (AvgIpc) is 2.33. The SMILES string of the molecule is OCc1ccncc1Oc1ccc(Cl)cc1Cl. The molecular formula is C12H9Cl2NO2. The number of hydrogen-bond acceptors (Lipinski definition) is 3. The third kappa shape index (κ3) is 2.88. The molecule has 3 nitrogen and oxygen atoms in total. The van der Waals surface area contributed by atoms with Crippen molar-refractivity contribution in [3.05, 3.63) is 52.3 Å². The number of rotatable bonds is 3. The largest absolute Gasteiger partial charge is 0.454 e. The van der Waals surface area contributed by atoms with Gasteiger partial charge in [0.1, 0.15) is 5.75 Å². The molecule has 1 heterocycles. The lowest BCUT2D eigenvalue weighted by Crippen LogP contribution is -1.93. The minimum atomic E-state index is -0.122. The smallest absolute Gasteiger partial charge is 0.151 e. The molecule has 0 saturated carbocycles. The molecule has 5 heteroatoms. The summed E-state index contributed by atoms with van der Waals surface area (Å²) in [6.45, 7) is -0.122. The van der Waals surface area contributed by atoms with Gasteiger partial charge in [-0.05, 0) is 24.3 Å². The summed E-state index contributed by atoms with van der Waals surface area (Å²) in [6.07, 6.45) is 3.11. The van der Waals surface area contributed by atoms with Crippen molar-refractivity contribution in [2.24, 2.45) is 0 Å². The maximum atomic E-state index is 9.15. The Morgan fingerprint density at radius 1 is 1.18 bits per heavy atom. The fraction of sp³-hybridized carbons (Fsp3) is 0.0833. The molecular weight excluding hydrogens is 261 g/mol. The highest BCUT2D eigenvalue weighted by atomic mass is 35.5. The third-order valence-corrected chi connectivity index (χ3v) is 2.68. The highest BCUT2D eigenvalue weighted by Crippen LogP contribution is 2.32. The lowest BCUT2D eigenvalue weighted by atomic mass is 10.2. The summed E-state index contributed by atoms with van der Waals surface area (Å²) < 4.78 is 5.57. The summed E-state index contributed by atoms with van der Waals surface area (Å²) in [5, 5.41) is 10.1. The van der Waals surface area contributed by atoms with Crippen LogP contribution in [0.1, 0.15) is 5.56 Å². The monoisotopic (exact) mass is 269 g/mol. The second-order valence-electron chi connectivity index (χ2n) is 3.32. The van der Waals surface area contributed by atoms with Gasteiger partial charge in [0.25, 0.3) is 0 Å². The number of aliphatic hydroxyl groups is 1. The molecule has 2 rings (SSSR count). The van der Waals surface area contributed by atoms with Gasteiger partial charge in [-0.2, -0.15) is 0 Å². The van der Waals surface area contributed by atoms with E-state index in [0.717, 1.165) is 0 Å². The highest BCUT2D eigenvalue weighted by molar-refractivity contribution is 6.35. The molecule has 0 bridgehead atoms. The molecule has 0 unspecified atom stereocenters. The van der Waals surface area contributed by atoms with Crippen LogP contribution in [0.15, 0.2) is 36.7 Å². The maximum Gasteiger partial charge on any atom is 0.151 e. The van der Waals surface area contributed by atoms with Crippen LogP contribution in [-0.2, 0) is 6.61 Å². The molecule has 2 aromatic rings. The van der Waals surface area contributed by atoms with Crippen molar-refractivity contribution in [3.63, 3.8) is 0 Å². The molecule has 0 saturated heterocycles. The van der Waals surface area contributed by atoms with Crippen molar-refractivity contribution < 1.29 is 9.84 Å². The summed E-state index contributed by atoms with van der Waals surface area (Å²) in [4.78, 5) is 3.93. The lowest BCUT2D eigenvalue weighted by molar-refractivity contribution is 0.276. The van der Waals surface area contributed by atoms with Gasteiger partial charge in [0.05, 0.1) is 17.8 Å². The molecule has 88 valence electrons. The lowest BCUT2D eigenvalue weighted by Gasteiger charge is -2.10. The Hall–Kier alpha value is -1.29. The fourth-order valence-electron chi connectivity index (χ4n) is 1.31. The number of aromatic nitrogens is 1. The molecule has 1 aromatic heterocycles. The molecule has 1 aromatic carbocycles. The Morgan fingerprint density at radius 3 is 2.71 bits per heavy atom. The van der Waals surface area contributed by atoms with E-state index in [1.807, 2.05) is 0 Å². The second kappa shape index (κ2) is 5.36. The zero-order valence-corrected chi connectivity index (χ0v) is 10.2. The minimum absolute atomic E-state index is 0.122. The van der Waals surface area contributed by atoms with E-state index >= 15 is 0 Å². The standard InChI is InChI=1S/C12H9Cl2NO2/c13-9-1-2-11(10(14)5-9)17-12-6-15-4-3-8(12)7-16/h1-6,16H,7H2. The number of hydrogen-bond donors (Lipinski definition) is 1. The average molecular weight is 270 g/mol. The van der Waals surface area contributed by atoms with Crippen molar-refractivity contribution in [2.75, 3.05) is 0 Å². The topological polar surface area (TPSA) is 42.4 Å². The van der Waals surface area contributed by atoms with Gasteiger partial charge in [-0.3, -0.25) is 4.98 Å². The predicted octanol–water partition coefficient (Wildman–Crippen LogP) is 3.67. The summed E-state index contributed by atoms with van der Waals surface area (Å²) in [6, 6.07) is 6.61. The van der Waals surface area contributed by atoms with E-state index in [-0.39, 0.29) is 6.61 Å². The number of halogens is 2. The number of ether oxygens (including phenoxy) is 1. The van der Waals surface area contributed by atoms with Gasteiger partial charge in [0.2, 0.25) is 0 Å². The first-order chi connectivity index (χ1) is 8.20. The van der Waals surface area contributed by atoms with Crippen LogP contribution in [0.2, 0.25) is 10.0 Å². The first-order valence-electron chi connectivity index (χ1n) is 4.87. The van der Waals surface area contributed by atoms with Gasteiger partial charge in [-0.15, -0.1) is 0 Å². The van der Waals surface area contributed by atoms with Gasteiger partial charge in [-0.1, -0.05) is 23.2 Å². The van der Waals surface area contributed by atoms with Crippen LogP contribution in [0.4, 0.5) is 0 Å². The van der Waals surface area contributed by atoms with Crippen molar-refractivity contribution in [2.45, 2.75) is 6.61 Å². The molecule has 0 fully saturated rings. The zero-order chi connectivity index (χ0) is 12.3. The zero-order valence-electron chi connectivity index (χ0n) is 8.73. The first kappa shape index (κ1) is 12.2. The van der Waals surface area contributed by atoms with Gasteiger partial charge in [0, 0.05) is 16.8 Å². The third-order valence-electron chi connectivity index (χ3n) is 2.15. The van der Waals surface area contributed by atoms with Gasteiger partial charge in [0.15, 0.2) is 5.75 Å². The van der Waals surface area contributed by atoms with Crippen LogP contribution in [0.3, 0.4) is 0 Å². The van der Waals surface area contributed by atoms with Crippen LogP contribution >= 0.6 is 23.2 Å². The number of pyridine rings is 1. The molecule has 0 aliphatic heterocycles. The molecule has 0 aliphatic carbocycles. The Kier molecular flexibility index (Phi) is 3.84. The Morgan fingerprint density at radius 2 is 2.00 bits per heavy atom. The van der Waals surface area contributed by atoms with E-state index in [1.54, 1.807) is 30.5 Å². The summed E-state index contributed by atoms with van der Waals surface area (Å²) in [5.74, 6) is 0.943. The summed E-state index contributed by atoms with van der Waals surface area (Å²) in [5.41, 5.74) is 0.644. The van der Waals surface area contributed by atoms with E-state index in [1.165, 1.54) is 6.20 Å². The first-order valence-corrected chi connectivity index (χ1v) is 5.63. The van der Waals surface area contributed by atoms with Gasteiger partial charge < -0.3 is 9.84 Å². The van der Waals surface area contributed by atoms with Crippen molar-refractivity contribution in [1.29, 1.82) is 0 Å². The number of nitrogens with zero attached hydrogens (tertiary/aromatic N) is 1. The van der Waals surface area contributed by atoms with Crippen LogP contribution in [-0.4, -0.2) is 10.1 Å². The molecule has 0 aliphatic rings. The Labute approximate surface area is 109 Å². The molecule has 0 spiro atoms. The number of aliphatic hydroxyl groups excluding tert-OH is 1. The van der Waals surface area contributed by atoms with Crippen molar-refractivity contribution >= 4 is 23.2 Å². The Bertz CT molecular complexity index is 532. The van der Waals surface area contributed by atoms with Crippen molar-refractivity contribution in [3.8, 4) is 11.5 Å². The summed E-state index contributed by atoms with van der Waals surface area (Å²) >= 11 is 11.8. The van der Waals surface area contributed by atoms with E-state index in [0.29, 0.717) is 27.1 Å². The van der Waals surface area contributed by atoms with Crippen LogP contribution in [0, 0.1) is 0 Å². The fourth-order valence-corrected chi connectivity index (χ4v) is 1.75. The normalized spacial score (nSPS) is 10.3. The quantitative estimate of drug-likeness (QED) is 0.925. The molecule has 17 heavy (non-hydrogen) atoms. The molecule has 0 radical (unpaired) electrons. The van der Waals surface area contributed by atoms with Crippen LogP contribution < -0.4 is 4.74 Å². The van der Waals surface area contributed by atoms with Gasteiger partial charge >= 0.3 is 0 Å². The Balaban J connectivity index is 2.31. The molecule has 0 amide bonds. The van der Waals surface area contributed by atoms with Gasteiger partial charge in [-0.25, -0.2) is 0 Å². The second-order valence-corrected chi connectivity index (χ2v) is 4.16. The van der Waals surface area contributed by atoms with E-state index in [9.17, 15) is 0 Å². The number of benzene rings is 1. The van der Waals surface area contributed by atoms with E-state index in [2.05, 4.69) is 4.98 Å². The molecule has 0 atom stereocenters. The minimum Gasteiger partial charge on any atom is -0.454 e. The van der Waals surface area contributed by atoms with Crippen LogP contribution in [0.5, 0.6) is 11.5 Å². The molecule has 1 N–H and O–H groups in total. The highest BCUT2D eigenvalue weighted by Gasteiger charge is 2.07. The maximum absolute atomic E-state index is 9.15. The van der Waals surface area contributed by atoms with Crippen LogP contribution in [0.25, 0.3) is 0 Å². The summed E-state index contributed by atoms with van der Waals surface area (Å²) in [7, 11) is 0.